The summed E-state index contributed by atoms with van der Waals surface area (Å²) in [6, 6.07) is 15.8. The fraction of sp³-hybridized carbons (Fsp3) is 0.312. The van der Waals surface area contributed by atoms with Gasteiger partial charge in [0.1, 0.15) is 12.0 Å². The standard InChI is InChI=1S/C32H34ClN3O3/c33-30-11-4-1-6-25(30)12-15-34-32(38)29-10-3-2-9-28(29)24-13-16-35(17-14-24)18-19-36-20-21-39-31(23-36)26-7-5-8-27(37)22-26/h1-11,20-21,23-24H,12-19,22H2,(H,34,38). The van der Waals surface area contributed by atoms with Crippen LogP contribution in [0.15, 0.2) is 96.8 Å². The highest BCUT2D eigenvalue weighted by Gasteiger charge is 2.24. The third kappa shape index (κ3) is 7.08. The van der Waals surface area contributed by atoms with E-state index in [0.717, 1.165) is 72.1 Å². The molecular formula is C32H34ClN3O3. The van der Waals surface area contributed by atoms with Gasteiger partial charge < -0.3 is 19.9 Å². The van der Waals surface area contributed by atoms with Crippen molar-refractivity contribution < 1.29 is 14.3 Å². The van der Waals surface area contributed by atoms with Crippen LogP contribution >= 0.6 is 11.6 Å². The fourth-order valence-corrected chi connectivity index (χ4v) is 5.57. The quantitative estimate of drug-likeness (QED) is 0.446. The van der Waals surface area contributed by atoms with Crippen molar-refractivity contribution in [3.63, 3.8) is 0 Å². The number of nitrogens with zero attached hydrogens (tertiary/aromatic N) is 2. The van der Waals surface area contributed by atoms with Crippen LogP contribution in [0.4, 0.5) is 0 Å². The van der Waals surface area contributed by atoms with Gasteiger partial charge in [0.2, 0.25) is 0 Å². The number of hydrogen-bond donors (Lipinski definition) is 1. The van der Waals surface area contributed by atoms with Crippen molar-refractivity contribution in [3.8, 4) is 0 Å². The maximum Gasteiger partial charge on any atom is 0.251 e. The Hall–Kier alpha value is -3.61. The molecule has 0 aromatic heterocycles. The van der Waals surface area contributed by atoms with Crippen LogP contribution in [-0.4, -0.2) is 54.2 Å². The van der Waals surface area contributed by atoms with Crippen LogP contribution in [-0.2, 0) is 16.0 Å². The van der Waals surface area contributed by atoms with Crippen LogP contribution in [0.3, 0.4) is 0 Å². The van der Waals surface area contributed by atoms with Crippen LogP contribution in [0.1, 0.15) is 46.7 Å². The summed E-state index contributed by atoms with van der Waals surface area (Å²) < 4.78 is 5.67. The smallest absolute Gasteiger partial charge is 0.251 e. The highest BCUT2D eigenvalue weighted by molar-refractivity contribution is 6.31. The molecule has 0 spiro atoms. The van der Waals surface area contributed by atoms with Gasteiger partial charge in [-0.25, -0.2) is 0 Å². The Morgan fingerprint density at radius 3 is 2.67 bits per heavy atom. The van der Waals surface area contributed by atoms with Gasteiger partial charge in [-0.15, -0.1) is 0 Å². The highest BCUT2D eigenvalue weighted by atomic mass is 35.5. The summed E-state index contributed by atoms with van der Waals surface area (Å²) >= 11 is 6.26. The minimum Gasteiger partial charge on any atom is -0.462 e. The summed E-state index contributed by atoms with van der Waals surface area (Å²) in [5, 5.41) is 3.82. The van der Waals surface area contributed by atoms with Crippen molar-refractivity contribution in [2.75, 3.05) is 32.7 Å². The predicted molar refractivity (Wildman–Crippen MR) is 154 cm³/mol. The van der Waals surface area contributed by atoms with Crippen molar-refractivity contribution in [2.45, 2.75) is 31.6 Å². The number of likely N-dealkylation sites (tertiary alicyclic amines) is 1. The Balaban J connectivity index is 1.11. The van der Waals surface area contributed by atoms with E-state index in [0.29, 0.717) is 25.3 Å². The molecule has 5 rings (SSSR count). The van der Waals surface area contributed by atoms with E-state index in [-0.39, 0.29) is 11.7 Å². The number of hydrogen-bond acceptors (Lipinski definition) is 5. The summed E-state index contributed by atoms with van der Waals surface area (Å²) in [7, 11) is 0. The van der Waals surface area contributed by atoms with Gasteiger partial charge in [-0.3, -0.25) is 9.59 Å². The van der Waals surface area contributed by atoms with E-state index in [4.69, 9.17) is 16.3 Å². The van der Waals surface area contributed by atoms with Crippen molar-refractivity contribution >= 4 is 23.3 Å². The average molecular weight is 544 g/mol. The highest BCUT2D eigenvalue weighted by Crippen LogP contribution is 2.31. The van der Waals surface area contributed by atoms with Gasteiger partial charge in [-0.1, -0.05) is 60.2 Å². The molecule has 1 amide bonds. The van der Waals surface area contributed by atoms with E-state index in [2.05, 4.69) is 21.2 Å². The number of nitrogens with one attached hydrogen (secondary N) is 1. The van der Waals surface area contributed by atoms with Crippen molar-refractivity contribution in [1.82, 2.24) is 15.1 Å². The summed E-state index contributed by atoms with van der Waals surface area (Å²) in [4.78, 5) is 29.4. The summed E-state index contributed by atoms with van der Waals surface area (Å²) in [6.45, 7) is 4.30. The molecule has 1 fully saturated rings. The van der Waals surface area contributed by atoms with Gasteiger partial charge in [0.15, 0.2) is 5.78 Å². The Labute approximate surface area is 235 Å². The molecule has 0 atom stereocenters. The fourth-order valence-electron chi connectivity index (χ4n) is 5.34. The molecule has 6 nitrogen and oxygen atoms in total. The van der Waals surface area contributed by atoms with E-state index in [1.165, 1.54) is 0 Å². The molecule has 0 bridgehead atoms. The summed E-state index contributed by atoms with van der Waals surface area (Å²) in [5.41, 5.74) is 3.86. The maximum absolute atomic E-state index is 13.1. The lowest BCUT2D eigenvalue weighted by Crippen LogP contribution is -2.38. The van der Waals surface area contributed by atoms with E-state index < -0.39 is 0 Å². The Morgan fingerprint density at radius 1 is 1.05 bits per heavy atom. The summed E-state index contributed by atoms with van der Waals surface area (Å²) in [6.07, 6.45) is 14.0. The number of benzene rings is 2. The van der Waals surface area contributed by atoms with E-state index in [1.807, 2.05) is 60.9 Å². The molecule has 2 aromatic carbocycles. The molecule has 0 radical (unpaired) electrons. The van der Waals surface area contributed by atoms with Crippen molar-refractivity contribution in [3.05, 3.63) is 118 Å². The molecule has 2 aromatic rings. The number of halogens is 1. The molecule has 1 aliphatic carbocycles. The van der Waals surface area contributed by atoms with Crippen LogP contribution < -0.4 is 5.32 Å². The molecule has 1 N–H and O–H groups in total. The Bertz CT molecular complexity index is 1320. The van der Waals surface area contributed by atoms with Gasteiger partial charge >= 0.3 is 0 Å². The van der Waals surface area contributed by atoms with Crippen LogP contribution in [0, 0.1) is 0 Å². The molecular weight excluding hydrogens is 510 g/mol. The molecule has 39 heavy (non-hydrogen) atoms. The molecule has 202 valence electrons. The molecule has 0 saturated carbocycles. The SMILES string of the molecule is O=C1C=CC=C(C2=CN(CCN3CCC(c4ccccc4C(=O)NCCc4ccccc4Cl)CC3)C=CO2)C1. The predicted octanol–water partition coefficient (Wildman–Crippen LogP) is 5.59. The first-order valence-electron chi connectivity index (χ1n) is 13.6. The third-order valence-corrected chi connectivity index (χ3v) is 7.90. The Kier molecular flexibility index (Phi) is 8.96. The number of carbonyl (C=O) groups is 2. The number of amides is 1. The number of ether oxygens (including phenoxy) is 1. The first kappa shape index (κ1) is 27.0. The van der Waals surface area contributed by atoms with Gasteiger partial charge in [-0.2, -0.15) is 0 Å². The van der Waals surface area contributed by atoms with Gasteiger partial charge in [-0.05, 0) is 67.6 Å². The second-order valence-electron chi connectivity index (χ2n) is 10.1. The van der Waals surface area contributed by atoms with Crippen LogP contribution in [0.25, 0.3) is 0 Å². The molecule has 7 heteroatoms. The minimum atomic E-state index is -0.0212. The lowest BCUT2D eigenvalue weighted by atomic mass is 9.86. The monoisotopic (exact) mass is 543 g/mol. The zero-order valence-corrected chi connectivity index (χ0v) is 22.8. The van der Waals surface area contributed by atoms with Gasteiger partial charge in [0.25, 0.3) is 5.91 Å². The average Bonchev–Trinajstić information content (AvgIpc) is 2.97. The largest absolute Gasteiger partial charge is 0.462 e. The zero-order chi connectivity index (χ0) is 27.0. The first-order chi connectivity index (χ1) is 19.1. The molecule has 2 aliphatic heterocycles. The molecule has 0 unspecified atom stereocenters. The number of rotatable bonds is 9. The minimum absolute atomic E-state index is 0.0212. The lowest BCUT2D eigenvalue weighted by molar-refractivity contribution is -0.114. The van der Waals surface area contributed by atoms with Gasteiger partial charge in [0, 0.05) is 54.6 Å². The maximum atomic E-state index is 13.1. The van der Waals surface area contributed by atoms with E-state index in [9.17, 15) is 9.59 Å². The second-order valence-corrected chi connectivity index (χ2v) is 10.5. The topological polar surface area (TPSA) is 61.9 Å². The van der Waals surface area contributed by atoms with Gasteiger partial charge in [0.05, 0.1) is 0 Å². The van der Waals surface area contributed by atoms with Crippen molar-refractivity contribution in [1.29, 1.82) is 0 Å². The Morgan fingerprint density at radius 2 is 1.85 bits per heavy atom. The van der Waals surface area contributed by atoms with Crippen LogP contribution in [0.2, 0.25) is 5.02 Å². The van der Waals surface area contributed by atoms with Crippen LogP contribution in [0.5, 0.6) is 0 Å². The number of ketones is 1. The molecule has 1 saturated heterocycles. The lowest BCUT2D eigenvalue weighted by Gasteiger charge is -2.34. The normalized spacial score (nSPS) is 18.0. The number of piperidine rings is 1. The van der Waals surface area contributed by atoms with Crippen molar-refractivity contribution in [2.24, 2.45) is 0 Å². The number of carbonyl (C=O) groups excluding carboxylic acids is 2. The summed E-state index contributed by atoms with van der Waals surface area (Å²) in [5.74, 6) is 1.17. The zero-order valence-electron chi connectivity index (χ0n) is 22.0. The molecule has 3 aliphatic rings. The van der Waals surface area contributed by atoms with E-state index >= 15 is 0 Å². The molecule has 2 heterocycles. The third-order valence-electron chi connectivity index (χ3n) is 7.54. The first-order valence-corrected chi connectivity index (χ1v) is 14.0. The second kappa shape index (κ2) is 13.0. The number of allylic oxidation sites excluding steroid dienone is 4. The van der Waals surface area contributed by atoms with E-state index in [1.54, 1.807) is 18.4 Å².